The van der Waals surface area contributed by atoms with Crippen molar-refractivity contribution in [2.75, 3.05) is 19.5 Å². The molecule has 9 heteroatoms. The first kappa shape index (κ1) is 27.0. The Morgan fingerprint density at radius 2 is 1.76 bits per heavy atom. The number of ether oxygens (including phenoxy) is 2. The molecule has 42 heavy (non-hydrogen) atoms. The highest BCUT2D eigenvalue weighted by Gasteiger charge is 2.34. The smallest absolute Gasteiger partial charge is 0.271 e. The fourth-order valence-electron chi connectivity index (χ4n) is 5.24. The number of hydrogen-bond donors (Lipinski definition) is 2. The third-order valence-corrected chi connectivity index (χ3v) is 8.24. The van der Waals surface area contributed by atoms with Crippen LogP contribution >= 0.6 is 11.3 Å². The van der Waals surface area contributed by atoms with Crippen molar-refractivity contribution >= 4 is 39.8 Å². The number of allylic oxidation sites excluding steroid dienone is 1. The van der Waals surface area contributed by atoms with E-state index in [1.54, 1.807) is 56.5 Å². The number of methoxy groups -OCH3 is 2. The quantitative estimate of drug-likeness (QED) is 0.303. The normalized spacial score (nSPS) is 14.8. The number of carbonyl (C=O) groups is 1. The molecule has 5 aromatic rings. The summed E-state index contributed by atoms with van der Waals surface area (Å²) >= 11 is 1.20. The summed E-state index contributed by atoms with van der Waals surface area (Å²) in [7, 11) is 3.09. The minimum absolute atomic E-state index is 0.0621. The van der Waals surface area contributed by atoms with Gasteiger partial charge in [-0.25, -0.2) is 4.99 Å². The molecule has 0 saturated heterocycles. The molecule has 0 unspecified atom stereocenters. The Morgan fingerprint density at radius 1 is 1.00 bits per heavy atom. The Kier molecular flexibility index (Phi) is 7.10. The molecule has 1 amide bonds. The summed E-state index contributed by atoms with van der Waals surface area (Å²) in [6, 6.07) is 24.7. The van der Waals surface area contributed by atoms with E-state index in [-0.39, 0.29) is 17.2 Å². The van der Waals surface area contributed by atoms with Crippen molar-refractivity contribution in [1.29, 1.82) is 0 Å². The molecule has 1 aliphatic rings. The largest absolute Gasteiger partial charge is 0.507 e. The number of phenols is 1. The van der Waals surface area contributed by atoms with Crippen molar-refractivity contribution in [3.63, 3.8) is 0 Å². The van der Waals surface area contributed by atoms with Crippen LogP contribution in [0.15, 0.2) is 106 Å². The van der Waals surface area contributed by atoms with Gasteiger partial charge in [-0.05, 0) is 54.1 Å². The Morgan fingerprint density at radius 3 is 2.52 bits per heavy atom. The number of amides is 1. The maximum atomic E-state index is 14.2. The van der Waals surface area contributed by atoms with Crippen molar-refractivity contribution in [3.05, 3.63) is 127 Å². The van der Waals surface area contributed by atoms with Crippen molar-refractivity contribution in [2.24, 2.45) is 4.99 Å². The SMILES string of the molecule is COc1ccc([C@H]2C(C(=O)Nc3ccccc3)=C(C)N=c3s/c(=C\c4c(O)ccc5ccccc45)c(=O)n32)c(OC)c1. The standard InChI is InChI=1S/C33H27N3O5S/c1-19-29(31(38)35-21-10-5-4-6-11-21)30(24-15-14-22(40-2)17-27(24)41-3)36-32(39)28(42-33(36)34-19)18-25-23-12-8-7-9-20(23)13-16-26(25)37/h4-18,30,37H,1-3H3,(H,35,38)/b28-18-/t30-/m0/s1. The van der Waals surface area contributed by atoms with Crippen LogP contribution in [-0.2, 0) is 4.79 Å². The Labute approximate surface area is 245 Å². The highest BCUT2D eigenvalue weighted by atomic mass is 32.1. The van der Waals surface area contributed by atoms with Crippen LogP contribution < -0.4 is 29.7 Å². The monoisotopic (exact) mass is 577 g/mol. The number of nitrogens with one attached hydrogen (secondary N) is 1. The van der Waals surface area contributed by atoms with Crippen LogP contribution in [0.5, 0.6) is 17.2 Å². The van der Waals surface area contributed by atoms with Gasteiger partial charge in [0.25, 0.3) is 11.5 Å². The number of thiazole rings is 1. The number of rotatable bonds is 6. The van der Waals surface area contributed by atoms with Crippen LogP contribution in [0.25, 0.3) is 16.8 Å². The Balaban J connectivity index is 1.58. The molecule has 0 radical (unpaired) electrons. The number of fused-ring (bicyclic) bond motifs is 2. The van der Waals surface area contributed by atoms with Gasteiger partial charge in [0.15, 0.2) is 4.80 Å². The third-order valence-electron chi connectivity index (χ3n) is 7.26. The van der Waals surface area contributed by atoms with Gasteiger partial charge in [-0.1, -0.05) is 59.9 Å². The molecular formula is C33H27N3O5S. The predicted molar refractivity (Wildman–Crippen MR) is 164 cm³/mol. The first-order chi connectivity index (χ1) is 20.4. The molecule has 0 saturated carbocycles. The number of para-hydroxylation sites is 1. The zero-order chi connectivity index (χ0) is 29.4. The number of nitrogens with zero attached hydrogens (tertiary/aromatic N) is 2. The van der Waals surface area contributed by atoms with Gasteiger partial charge in [0.2, 0.25) is 0 Å². The van der Waals surface area contributed by atoms with Crippen LogP contribution in [-0.4, -0.2) is 29.8 Å². The van der Waals surface area contributed by atoms with Crippen LogP contribution in [0, 0.1) is 0 Å². The zero-order valence-corrected chi connectivity index (χ0v) is 23.9. The van der Waals surface area contributed by atoms with E-state index in [1.165, 1.54) is 23.0 Å². The number of aromatic hydroxyl groups is 1. The second-order valence-corrected chi connectivity index (χ2v) is 10.7. The van der Waals surface area contributed by atoms with Gasteiger partial charge in [-0.3, -0.25) is 14.2 Å². The molecular weight excluding hydrogens is 550 g/mol. The molecule has 1 aliphatic heterocycles. The highest BCUT2D eigenvalue weighted by Crippen LogP contribution is 2.37. The molecule has 1 atom stereocenters. The minimum atomic E-state index is -0.839. The van der Waals surface area contributed by atoms with Gasteiger partial charge in [-0.2, -0.15) is 0 Å². The second kappa shape index (κ2) is 11.0. The summed E-state index contributed by atoms with van der Waals surface area (Å²) in [5, 5.41) is 15.5. The molecule has 0 fully saturated rings. The Hall–Kier alpha value is -5.15. The summed E-state index contributed by atoms with van der Waals surface area (Å²) < 4.78 is 13.0. The number of anilines is 1. The zero-order valence-electron chi connectivity index (χ0n) is 23.1. The average molecular weight is 578 g/mol. The van der Waals surface area contributed by atoms with E-state index in [9.17, 15) is 14.7 Å². The van der Waals surface area contributed by atoms with Gasteiger partial charge >= 0.3 is 0 Å². The number of carbonyl (C=O) groups excluding carboxylic acids is 1. The van der Waals surface area contributed by atoms with Crippen molar-refractivity contribution < 1.29 is 19.4 Å². The lowest BCUT2D eigenvalue weighted by atomic mass is 9.94. The molecule has 210 valence electrons. The summed E-state index contributed by atoms with van der Waals surface area (Å²) in [6.07, 6.45) is 1.69. The minimum Gasteiger partial charge on any atom is -0.507 e. The molecule has 1 aromatic heterocycles. The van der Waals surface area contributed by atoms with Gasteiger partial charge in [0.1, 0.15) is 23.3 Å². The summed E-state index contributed by atoms with van der Waals surface area (Å²) in [5.41, 5.74) is 2.21. The lowest BCUT2D eigenvalue weighted by Gasteiger charge is -2.26. The molecule has 0 aliphatic carbocycles. The van der Waals surface area contributed by atoms with Crippen molar-refractivity contribution in [2.45, 2.75) is 13.0 Å². The van der Waals surface area contributed by atoms with Gasteiger partial charge < -0.3 is 19.9 Å². The Bertz CT molecular complexity index is 2060. The number of phenolic OH excluding ortho intramolecular Hbond substituents is 1. The predicted octanol–water partition coefficient (Wildman–Crippen LogP) is 4.75. The van der Waals surface area contributed by atoms with E-state index in [2.05, 4.69) is 5.32 Å². The fraction of sp³-hybridized carbons (Fsp3) is 0.121. The first-order valence-electron chi connectivity index (χ1n) is 13.2. The molecule has 2 N–H and O–H groups in total. The topological polar surface area (TPSA) is 102 Å². The molecule has 6 rings (SSSR count). The fourth-order valence-corrected chi connectivity index (χ4v) is 6.27. The van der Waals surface area contributed by atoms with E-state index in [4.69, 9.17) is 14.5 Å². The molecule has 4 aromatic carbocycles. The maximum Gasteiger partial charge on any atom is 0.271 e. The van der Waals surface area contributed by atoms with Crippen LogP contribution in [0.4, 0.5) is 5.69 Å². The molecule has 2 heterocycles. The van der Waals surface area contributed by atoms with E-state index in [0.29, 0.717) is 48.9 Å². The lowest BCUT2D eigenvalue weighted by Crippen LogP contribution is -2.40. The maximum absolute atomic E-state index is 14.2. The first-order valence-corrected chi connectivity index (χ1v) is 14.0. The summed E-state index contributed by atoms with van der Waals surface area (Å²) in [6.45, 7) is 1.76. The summed E-state index contributed by atoms with van der Waals surface area (Å²) in [5.74, 6) is 0.712. The third kappa shape index (κ3) is 4.73. The molecule has 0 spiro atoms. The average Bonchev–Trinajstić information content (AvgIpc) is 3.31. The van der Waals surface area contributed by atoms with E-state index in [0.717, 1.165) is 10.8 Å². The van der Waals surface area contributed by atoms with Crippen LogP contribution in [0.1, 0.15) is 24.1 Å². The number of aromatic nitrogens is 1. The van der Waals surface area contributed by atoms with Gasteiger partial charge in [0, 0.05) is 22.9 Å². The van der Waals surface area contributed by atoms with E-state index in [1.807, 2.05) is 48.5 Å². The molecule has 0 bridgehead atoms. The van der Waals surface area contributed by atoms with Gasteiger partial charge in [0.05, 0.1) is 30.0 Å². The highest BCUT2D eigenvalue weighted by molar-refractivity contribution is 7.07. The van der Waals surface area contributed by atoms with Gasteiger partial charge in [-0.15, -0.1) is 0 Å². The summed E-state index contributed by atoms with van der Waals surface area (Å²) in [4.78, 5) is 33.2. The van der Waals surface area contributed by atoms with E-state index < -0.39 is 6.04 Å². The lowest BCUT2D eigenvalue weighted by molar-refractivity contribution is -0.113. The number of hydrogen-bond acceptors (Lipinski definition) is 7. The van der Waals surface area contributed by atoms with Crippen LogP contribution in [0.3, 0.4) is 0 Å². The van der Waals surface area contributed by atoms with Crippen molar-refractivity contribution in [3.8, 4) is 17.2 Å². The number of benzene rings is 4. The van der Waals surface area contributed by atoms with E-state index >= 15 is 0 Å². The van der Waals surface area contributed by atoms with Crippen molar-refractivity contribution in [1.82, 2.24) is 4.57 Å². The molecule has 8 nitrogen and oxygen atoms in total. The van der Waals surface area contributed by atoms with Crippen LogP contribution in [0.2, 0.25) is 0 Å². The second-order valence-electron chi connectivity index (χ2n) is 9.73.